The molecule has 4 heterocycles. The fourth-order valence-corrected chi connectivity index (χ4v) is 4.16. The van der Waals surface area contributed by atoms with Crippen molar-refractivity contribution < 1.29 is 13.5 Å². The fourth-order valence-electron chi connectivity index (χ4n) is 4.16. The highest BCUT2D eigenvalue weighted by Crippen LogP contribution is 2.35. The molecule has 7 nitrogen and oxygen atoms in total. The van der Waals surface area contributed by atoms with Gasteiger partial charge in [0.1, 0.15) is 29.2 Å². The second kappa shape index (κ2) is 10.1. The fraction of sp³-hybridized carbons (Fsp3) is 0.423. The first kappa shape index (κ1) is 23.4. The van der Waals surface area contributed by atoms with Crippen LogP contribution in [0.5, 0.6) is 0 Å². The zero-order valence-electron chi connectivity index (χ0n) is 19.9. The molecule has 2 fully saturated rings. The molecule has 1 saturated heterocycles. The maximum absolute atomic E-state index is 13.9. The number of nitrogens with zero attached hydrogens (tertiary/aromatic N) is 6. The minimum atomic E-state index is -0.690. The number of benzene rings is 1. The summed E-state index contributed by atoms with van der Waals surface area (Å²) in [7, 11) is 0. The highest BCUT2D eigenvalue weighted by atomic mass is 19.1. The van der Waals surface area contributed by atoms with Gasteiger partial charge in [0.2, 0.25) is 0 Å². The van der Waals surface area contributed by atoms with Crippen LogP contribution in [0.4, 0.5) is 8.78 Å². The van der Waals surface area contributed by atoms with E-state index in [4.69, 9.17) is 4.74 Å². The van der Waals surface area contributed by atoms with Crippen molar-refractivity contribution in [3.63, 3.8) is 0 Å². The van der Waals surface area contributed by atoms with E-state index in [9.17, 15) is 8.78 Å². The molecular formula is C26H28F2N6O. The molecule has 0 unspecified atom stereocenters. The Balaban J connectivity index is 0.000000151. The summed E-state index contributed by atoms with van der Waals surface area (Å²) >= 11 is 0. The molecule has 1 aliphatic heterocycles. The number of halogens is 2. The first-order valence-corrected chi connectivity index (χ1v) is 12.1. The van der Waals surface area contributed by atoms with E-state index in [1.807, 2.05) is 13.1 Å². The standard InChI is InChI=1S/C14H10F2N4.C12H18N2O/c1-7-8(2)20-14-13(19-7)12(17-6-18-14)10-4-3-9(15)5-11(10)16;1-2-4-12(15-7-3-1)10-8-13-14(9-10)11-5-6-11/h3-6H,1-2H3;8-9,11-12H,1-7H2/t;12-/m.1/s1. The molecule has 0 N–H and O–H groups in total. The Labute approximate surface area is 202 Å². The second-order valence-corrected chi connectivity index (χ2v) is 9.11. The van der Waals surface area contributed by atoms with E-state index < -0.39 is 11.6 Å². The first-order chi connectivity index (χ1) is 17.0. The maximum Gasteiger partial charge on any atom is 0.182 e. The van der Waals surface area contributed by atoms with E-state index >= 15 is 0 Å². The molecule has 0 amide bonds. The maximum atomic E-state index is 13.9. The summed E-state index contributed by atoms with van der Waals surface area (Å²) in [6.07, 6.45) is 13.4. The predicted octanol–water partition coefficient (Wildman–Crippen LogP) is 5.83. The van der Waals surface area contributed by atoms with Gasteiger partial charge >= 0.3 is 0 Å². The molecule has 0 radical (unpaired) electrons. The summed E-state index contributed by atoms with van der Waals surface area (Å²) in [4.78, 5) is 16.8. The lowest BCUT2D eigenvalue weighted by molar-refractivity contribution is 0.0582. The summed E-state index contributed by atoms with van der Waals surface area (Å²) in [6.45, 7) is 4.54. The van der Waals surface area contributed by atoms with Crippen molar-refractivity contribution >= 4 is 11.2 Å². The van der Waals surface area contributed by atoms with Crippen LogP contribution in [-0.2, 0) is 4.74 Å². The molecule has 3 aromatic heterocycles. The quantitative estimate of drug-likeness (QED) is 0.369. The summed E-state index contributed by atoms with van der Waals surface area (Å²) < 4.78 is 34.9. The van der Waals surface area contributed by atoms with Crippen LogP contribution in [0.2, 0.25) is 0 Å². The monoisotopic (exact) mass is 478 g/mol. The van der Waals surface area contributed by atoms with Crippen LogP contribution in [0.1, 0.15) is 67.6 Å². The van der Waals surface area contributed by atoms with Crippen molar-refractivity contribution in [2.75, 3.05) is 6.61 Å². The van der Waals surface area contributed by atoms with Crippen LogP contribution in [0.25, 0.3) is 22.4 Å². The van der Waals surface area contributed by atoms with Gasteiger partial charge in [-0.3, -0.25) is 4.68 Å². The Bertz CT molecular complexity index is 1330. The molecule has 0 spiro atoms. The van der Waals surface area contributed by atoms with Gasteiger partial charge < -0.3 is 4.74 Å². The predicted molar refractivity (Wildman–Crippen MR) is 128 cm³/mol. The second-order valence-electron chi connectivity index (χ2n) is 9.11. The molecule has 1 aromatic carbocycles. The third-order valence-electron chi connectivity index (χ3n) is 6.41. The van der Waals surface area contributed by atoms with Crippen molar-refractivity contribution in [1.82, 2.24) is 29.7 Å². The van der Waals surface area contributed by atoms with E-state index in [1.165, 1.54) is 56.1 Å². The van der Waals surface area contributed by atoms with E-state index in [0.717, 1.165) is 30.5 Å². The van der Waals surface area contributed by atoms with Crippen LogP contribution >= 0.6 is 0 Å². The Morgan fingerprint density at radius 1 is 0.971 bits per heavy atom. The largest absolute Gasteiger partial charge is 0.373 e. The van der Waals surface area contributed by atoms with Gasteiger partial charge in [0.05, 0.1) is 29.7 Å². The molecule has 6 rings (SSSR count). The van der Waals surface area contributed by atoms with Crippen LogP contribution in [0.15, 0.2) is 36.9 Å². The number of ether oxygens (including phenoxy) is 1. The highest BCUT2D eigenvalue weighted by molar-refractivity contribution is 5.86. The van der Waals surface area contributed by atoms with E-state index in [1.54, 1.807) is 6.92 Å². The Morgan fingerprint density at radius 3 is 2.60 bits per heavy atom. The summed E-state index contributed by atoms with van der Waals surface area (Å²) in [5.41, 5.74) is 4.03. The molecule has 9 heteroatoms. The number of aromatic nitrogens is 6. The molecule has 182 valence electrons. The average Bonchev–Trinajstić information content (AvgIpc) is 3.63. The van der Waals surface area contributed by atoms with Crippen molar-refractivity contribution in [3.05, 3.63) is 65.5 Å². The third kappa shape index (κ3) is 5.35. The van der Waals surface area contributed by atoms with Crippen LogP contribution < -0.4 is 0 Å². The Hall–Kier alpha value is -3.33. The zero-order chi connectivity index (χ0) is 24.4. The molecule has 35 heavy (non-hydrogen) atoms. The van der Waals surface area contributed by atoms with Gasteiger partial charge in [-0.2, -0.15) is 5.10 Å². The Kier molecular flexibility index (Phi) is 6.77. The van der Waals surface area contributed by atoms with Crippen molar-refractivity contribution in [3.8, 4) is 11.3 Å². The summed E-state index contributed by atoms with van der Waals surface area (Å²) in [6, 6.07) is 4.02. The number of hydrogen-bond acceptors (Lipinski definition) is 6. The summed E-state index contributed by atoms with van der Waals surface area (Å²) in [5.74, 6) is -1.33. The van der Waals surface area contributed by atoms with Crippen LogP contribution in [0, 0.1) is 25.5 Å². The molecule has 1 saturated carbocycles. The minimum Gasteiger partial charge on any atom is -0.373 e. The van der Waals surface area contributed by atoms with Gasteiger partial charge in [-0.1, -0.05) is 12.8 Å². The molecule has 4 aromatic rings. The first-order valence-electron chi connectivity index (χ1n) is 12.1. The van der Waals surface area contributed by atoms with Gasteiger partial charge in [-0.05, 0) is 51.7 Å². The summed E-state index contributed by atoms with van der Waals surface area (Å²) in [5, 5.41) is 4.42. The van der Waals surface area contributed by atoms with E-state index in [0.29, 0.717) is 29.0 Å². The molecule has 1 aliphatic carbocycles. The lowest BCUT2D eigenvalue weighted by atomic mass is 10.1. The van der Waals surface area contributed by atoms with Crippen molar-refractivity contribution in [1.29, 1.82) is 0 Å². The number of rotatable bonds is 3. The SMILES string of the molecule is Cc1nc2ncnc(-c3ccc(F)cc3F)c2nc1C.c1nn(C2CC2)cc1[C@H]1CCCCCO1. The molecule has 0 bridgehead atoms. The van der Waals surface area contributed by atoms with Crippen molar-refractivity contribution in [2.45, 2.75) is 64.5 Å². The average molecular weight is 479 g/mol. The van der Waals surface area contributed by atoms with Crippen LogP contribution in [-0.4, -0.2) is 36.3 Å². The third-order valence-corrected chi connectivity index (χ3v) is 6.41. The van der Waals surface area contributed by atoms with Crippen molar-refractivity contribution in [2.24, 2.45) is 0 Å². The normalized spacial score (nSPS) is 18.1. The van der Waals surface area contributed by atoms with E-state index in [2.05, 4.69) is 35.9 Å². The lowest BCUT2D eigenvalue weighted by Gasteiger charge is -2.12. The van der Waals surface area contributed by atoms with Gasteiger partial charge in [0.15, 0.2) is 5.65 Å². The van der Waals surface area contributed by atoms with Gasteiger partial charge in [-0.25, -0.2) is 28.7 Å². The van der Waals surface area contributed by atoms with Crippen LogP contribution in [0.3, 0.4) is 0 Å². The van der Waals surface area contributed by atoms with Gasteiger partial charge in [0, 0.05) is 30.0 Å². The minimum absolute atomic E-state index is 0.177. The lowest BCUT2D eigenvalue weighted by Crippen LogP contribution is -2.01. The topological polar surface area (TPSA) is 78.6 Å². The molecular weight excluding hydrogens is 450 g/mol. The number of fused-ring (bicyclic) bond motifs is 1. The Morgan fingerprint density at radius 2 is 1.80 bits per heavy atom. The zero-order valence-corrected chi connectivity index (χ0v) is 19.9. The molecule has 2 aliphatic rings. The highest BCUT2D eigenvalue weighted by Gasteiger charge is 2.25. The number of aryl methyl sites for hydroxylation is 2. The van der Waals surface area contributed by atoms with Gasteiger partial charge in [0.25, 0.3) is 0 Å². The van der Waals surface area contributed by atoms with E-state index in [-0.39, 0.29) is 5.56 Å². The smallest absolute Gasteiger partial charge is 0.182 e. The number of hydrogen-bond donors (Lipinski definition) is 0. The van der Waals surface area contributed by atoms with Gasteiger partial charge in [-0.15, -0.1) is 0 Å². The molecule has 1 atom stereocenters.